The van der Waals surface area contributed by atoms with Gasteiger partial charge in [0.25, 0.3) is 0 Å². The van der Waals surface area contributed by atoms with Crippen LogP contribution in [0.15, 0.2) is 60.7 Å². The number of aromatic hydroxyl groups is 1. The molecular weight excluding hydrogens is 366 g/mol. The highest BCUT2D eigenvalue weighted by Gasteiger charge is 2.49. The Balaban J connectivity index is 1.78. The quantitative estimate of drug-likeness (QED) is 0.496. The van der Waals surface area contributed by atoms with E-state index in [9.17, 15) is 10.3 Å². The van der Waals surface area contributed by atoms with Gasteiger partial charge < -0.3 is 24.4 Å². The molecule has 0 saturated heterocycles. The maximum atomic E-state index is 13.1. The van der Waals surface area contributed by atoms with Crippen molar-refractivity contribution in [1.82, 2.24) is 4.65 Å². The van der Waals surface area contributed by atoms with Crippen LogP contribution in [0.25, 0.3) is 0 Å². The molecule has 5 nitrogen and oxygen atoms in total. The van der Waals surface area contributed by atoms with Gasteiger partial charge in [0.15, 0.2) is 5.60 Å². The molecule has 2 aliphatic heterocycles. The van der Waals surface area contributed by atoms with Crippen molar-refractivity contribution >= 4 is 5.69 Å². The average molecular weight is 389 g/mol. The van der Waals surface area contributed by atoms with Gasteiger partial charge in [-0.1, -0.05) is 24.3 Å². The molecule has 1 spiro atoms. The summed E-state index contributed by atoms with van der Waals surface area (Å²) < 4.78 is 12.3. The minimum absolute atomic E-state index is 0.126. The van der Waals surface area contributed by atoms with Crippen LogP contribution in [-0.4, -0.2) is 18.2 Å². The Labute approximate surface area is 169 Å². The Morgan fingerprint density at radius 2 is 1.62 bits per heavy atom. The molecule has 0 fully saturated rings. The van der Waals surface area contributed by atoms with Gasteiger partial charge in [0.1, 0.15) is 22.9 Å². The third-order valence-electron chi connectivity index (χ3n) is 6.24. The average Bonchev–Trinajstić information content (AvgIpc) is 3.13. The third-order valence-corrected chi connectivity index (χ3v) is 6.24. The molecule has 29 heavy (non-hydrogen) atoms. The number of ether oxygens (including phenoxy) is 2. The molecule has 3 aromatic rings. The maximum Gasteiger partial charge on any atom is 0.151 e. The zero-order chi connectivity index (χ0) is 20.2. The van der Waals surface area contributed by atoms with Crippen molar-refractivity contribution in [3.05, 3.63) is 88.1 Å². The fourth-order valence-corrected chi connectivity index (χ4v) is 4.58. The van der Waals surface area contributed by atoms with Crippen LogP contribution < -0.4 is 9.38 Å². The second-order valence-electron chi connectivity index (χ2n) is 7.61. The van der Waals surface area contributed by atoms with Crippen LogP contribution in [0.5, 0.6) is 17.2 Å². The van der Waals surface area contributed by atoms with Crippen LogP contribution >= 0.6 is 0 Å². The van der Waals surface area contributed by atoms with E-state index < -0.39 is 10.2 Å². The summed E-state index contributed by atoms with van der Waals surface area (Å²) in [5.41, 5.74) is 3.76. The summed E-state index contributed by atoms with van der Waals surface area (Å²) >= 11 is 0. The van der Waals surface area contributed by atoms with Crippen molar-refractivity contribution in [2.75, 3.05) is 13.1 Å². The van der Waals surface area contributed by atoms with Gasteiger partial charge in [0.05, 0.1) is 19.7 Å². The zero-order valence-corrected chi connectivity index (χ0v) is 16.5. The van der Waals surface area contributed by atoms with Crippen LogP contribution in [0, 0.1) is 5.21 Å². The highest BCUT2D eigenvalue weighted by Crippen LogP contribution is 2.57. The van der Waals surface area contributed by atoms with E-state index in [1.165, 1.54) is 0 Å². The van der Waals surface area contributed by atoms with Gasteiger partial charge in [-0.25, -0.2) is 0 Å². The molecule has 3 aromatic carbocycles. The zero-order valence-electron chi connectivity index (χ0n) is 16.5. The number of hydroxylamine groups is 2. The number of benzene rings is 3. The SMILES string of the molecule is CC[N+]([O-])(CC)c1ccc2c(c1)Oc1cc(O)ccc1C21OCc2ccccc21. The lowest BCUT2D eigenvalue weighted by molar-refractivity contribution is 0.0199. The molecule has 148 valence electrons. The standard InChI is InChI=1S/C24H23NO4/c1-3-25(27,4-2)17-9-11-20-22(13-17)29-23-14-18(26)10-12-21(23)24(20)19-8-6-5-7-16(19)15-28-24/h5-14,26H,3-4,15H2,1-2H3. The summed E-state index contributed by atoms with van der Waals surface area (Å²) in [4.78, 5) is 0. The van der Waals surface area contributed by atoms with Crippen molar-refractivity contribution < 1.29 is 14.6 Å². The van der Waals surface area contributed by atoms with Gasteiger partial charge >= 0.3 is 0 Å². The van der Waals surface area contributed by atoms with E-state index in [1.54, 1.807) is 12.1 Å². The molecule has 1 atom stereocenters. The third kappa shape index (κ3) is 2.45. The number of nitrogens with zero attached hydrogens (tertiary/aromatic N) is 1. The summed E-state index contributed by atoms with van der Waals surface area (Å²) in [7, 11) is 0. The van der Waals surface area contributed by atoms with Crippen molar-refractivity contribution in [2.24, 2.45) is 0 Å². The number of fused-ring (bicyclic) bond motifs is 6. The van der Waals surface area contributed by atoms with Crippen LogP contribution in [0.1, 0.15) is 36.1 Å². The minimum atomic E-state index is -0.817. The Kier molecular flexibility index (Phi) is 3.96. The first-order valence-corrected chi connectivity index (χ1v) is 9.98. The smallest absolute Gasteiger partial charge is 0.151 e. The molecule has 1 N–H and O–H groups in total. The first-order valence-electron chi connectivity index (χ1n) is 9.98. The summed E-state index contributed by atoms with van der Waals surface area (Å²) in [6.45, 7) is 5.15. The Bertz CT molecular complexity index is 1110. The first-order chi connectivity index (χ1) is 14.0. The van der Waals surface area contributed by atoms with E-state index in [4.69, 9.17) is 9.47 Å². The van der Waals surface area contributed by atoms with Gasteiger partial charge in [-0.2, -0.15) is 0 Å². The number of hydrogen-bond donors (Lipinski definition) is 1. The lowest BCUT2D eigenvalue weighted by Crippen LogP contribution is -2.42. The fourth-order valence-electron chi connectivity index (χ4n) is 4.58. The highest BCUT2D eigenvalue weighted by atomic mass is 16.5. The molecule has 0 aliphatic carbocycles. The lowest BCUT2D eigenvalue weighted by Gasteiger charge is -2.42. The summed E-state index contributed by atoms with van der Waals surface area (Å²) in [6, 6.07) is 19.0. The molecular formula is C24H23NO4. The second-order valence-corrected chi connectivity index (χ2v) is 7.61. The maximum absolute atomic E-state index is 13.1. The van der Waals surface area contributed by atoms with E-state index >= 15 is 0 Å². The molecule has 2 heterocycles. The normalized spacial score (nSPS) is 19.4. The largest absolute Gasteiger partial charge is 0.627 e. The Morgan fingerprint density at radius 1 is 0.931 bits per heavy atom. The lowest BCUT2D eigenvalue weighted by atomic mass is 9.77. The molecule has 0 bridgehead atoms. The fraction of sp³-hybridized carbons (Fsp3) is 0.250. The molecule has 5 heteroatoms. The van der Waals surface area contributed by atoms with Crippen molar-refractivity contribution in [2.45, 2.75) is 26.1 Å². The van der Waals surface area contributed by atoms with E-state index in [1.807, 2.05) is 50.2 Å². The van der Waals surface area contributed by atoms with Crippen LogP contribution in [0.3, 0.4) is 0 Å². The van der Waals surface area contributed by atoms with E-state index in [2.05, 4.69) is 12.1 Å². The van der Waals surface area contributed by atoms with Gasteiger partial charge in [0, 0.05) is 29.3 Å². The van der Waals surface area contributed by atoms with Gasteiger partial charge in [-0.3, -0.25) is 0 Å². The number of phenolic OH excluding ortho intramolecular Hbond substituents is 1. The first kappa shape index (κ1) is 18.2. The molecule has 0 amide bonds. The highest BCUT2D eigenvalue weighted by molar-refractivity contribution is 5.67. The number of hydrogen-bond acceptors (Lipinski definition) is 4. The van der Waals surface area contributed by atoms with Crippen molar-refractivity contribution in [3.63, 3.8) is 0 Å². The summed E-state index contributed by atoms with van der Waals surface area (Å²) in [5.74, 6) is 1.27. The Morgan fingerprint density at radius 3 is 2.38 bits per heavy atom. The number of phenols is 1. The molecule has 0 saturated carbocycles. The number of rotatable bonds is 3. The Hall–Kier alpha value is -2.86. The van der Waals surface area contributed by atoms with E-state index in [-0.39, 0.29) is 5.75 Å². The van der Waals surface area contributed by atoms with Crippen LogP contribution in [-0.2, 0) is 16.9 Å². The predicted molar refractivity (Wildman–Crippen MR) is 112 cm³/mol. The topological polar surface area (TPSA) is 61.8 Å². The molecule has 0 aromatic heterocycles. The molecule has 0 radical (unpaired) electrons. The molecule has 1 unspecified atom stereocenters. The van der Waals surface area contributed by atoms with Gasteiger partial charge in [0.2, 0.25) is 0 Å². The summed E-state index contributed by atoms with van der Waals surface area (Å²) in [5, 5.41) is 23.2. The van der Waals surface area contributed by atoms with Crippen molar-refractivity contribution in [1.29, 1.82) is 0 Å². The van der Waals surface area contributed by atoms with E-state index in [0.29, 0.717) is 36.9 Å². The van der Waals surface area contributed by atoms with Crippen LogP contribution in [0.4, 0.5) is 5.69 Å². The number of quaternary nitrogens is 1. The minimum Gasteiger partial charge on any atom is -0.627 e. The van der Waals surface area contributed by atoms with E-state index in [0.717, 1.165) is 22.3 Å². The predicted octanol–water partition coefficient (Wildman–Crippen LogP) is 5.16. The van der Waals surface area contributed by atoms with Crippen molar-refractivity contribution in [3.8, 4) is 17.2 Å². The molecule has 2 aliphatic rings. The summed E-state index contributed by atoms with van der Waals surface area (Å²) in [6.07, 6.45) is 0. The van der Waals surface area contributed by atoms with Gasteiger partial charge in [-0.15, -0.1) is 0 Å². The molecule has 5 rings (SSSR count). The van der Waals surface area contributed by atoms with Crippen LogP contribution in [0.2, 0.25) is 0 Å². The monoisotopic (exact) mass is 389 g/mol. The van der Waals surface area contributed by atoms with Gasteiger partial charge in [-0.05, 0) is 43.2 Å². The second kappa shape index (κ2) is 6.32.